The number of halogens is 1. The van der Waals surface area contributed by atoms with Gasteiger partial charge in [0.25, 0.3) is 5.91 Å². The highest BCUT2D eigenvalue weighted by atomic mass is 19.1. The molecule has 100 valence electrons. The standard InChI is InChI=1S/C16H13FN2O/c1-10-9-11(17)5-6-14(10)19-16(20)13-3-2-4-15-12(13)7-8-18-15/h2-9,18H,1H3,(H,19,20). The van der Waals surface area contributed by atoms with Gasteiger partial charge in [0.1, 0.15) is 5.82 Å². The quantitative estimate of drug-likeness (QED) is 0.728. The molecule has 0 aliphatic rings. The Labute approximate surface area is 115 Å². The predicted molar refractivity (Wildman–Crippen MR) is 77.4 cm³/mol. The van der Waals surface area contributed by atoms with Crippen molar-refractivity contribution in [2.24, 2.45) is 0 Å². The molecule has 2 N–H and O–H groups in total. The highest BCUT2D eigenvalue weighted by molar-refractivity contribution is 6.12. The number of aromatic amines is 1. The normalized spacial score (nSPS) is 10.7. The molecule has 0 fully saturated rings. The number of rotatable bonds is 2. The summed E-state index contributed by atoms with van der Waals surface area (Å²) in [6, 6.07) is 11.7. The summed E-state index contributed by atoms with van der Waals surface area (Å²) in [5.41, 5.74) is 2.81. The van der Waals surface area contributed by atoms with Crippen molar-refractivity contribution in [2.75, 3.05) is 5.32 Å². The van der Waals surface area contributed by atoms with Crippen LogP contribution < -0.4 is 5.32 Å². The lowest BCUT2D eigenvalue weighted by molar-refractivity contribution is 0.102. The van der Waals surface area contributed by atoms with Crippen molar-refractivity contribution in [1.29, 1.82) is 0 Å². The van der Waals surface area contributed by atoms with Gasteiger partial charge in [-0.3, -0.25) is 4.79 Å². The van der Waals surface area contributed by atoms with Gasteiger partial charge in [-0.25, -0.2) is 4.39 Å². The van der Waals surface area contributed by atoms with Crippen LogP contribution in [0.2, 0.25) is 0 Å². The summed E-state index contributed by atoms with van der Waals surface area (Å²) in [7, 11) is 0. The zero-order valence-electron chi connectivity index (χ0n) is 10.9. The summed E-state index contributed by atoms with van der Waals surface area (Å²) in [5, 5.41) is 3.68. The molecule has 1 heterocycles. The van der Waals surface area contributed by atoms with Gasteiger partial charge in [-0.15, -0.1) is 0 Å². The molecule has 0 aliphatic carbocycles. The lowest BCUT2D eigenvalue weighted by Gasteiger charge is -2.09. The maximum absolute atomic E-state index is 13.1. The monoisotopic (exact) mass is 268 g/mol. The minimum absolute atomic E-state index is 0.204. The zero-order chi connectivity index (χ0) is 14.1. The molecule has 2 aromatic carbocycles. The molecule has 0 radical (unpaired) electrons. The first-order valence-electron chi connectivity index (χ1n) is 6.29. The molecule has 0 spiro atoms. The van der Waals surface area contributed by atoms with Gasteiger partial charge in [-0.05, 0) is 48.9 Å². The third-order valence-corrected chi connectivity index (χ3v) is 3.28. The fourth-order valence-corrected chi connectivity index (χ4v) is 2.24. The molecule has 3 rings (SSSR count). The van der Waals surface area contributed by atoms with Gasteiger partial charge in [-0.1, -0.05) is 6.07 Å². The molecule has 3 nitrogen and oxygen atoms in total. The van der Waals surface area contributed by atoms with Gasteiger partial charge < -0.3 is 10.3 Å². The molecule has 4 heteroatoms. The first kappa shape index (κ1) is 12.4. The van der Waals surface area contributed by atoms with Crippen LogP contribution in [0, 0.1) is 12.7 Å². The molecule has 0 saturated carbocycles. The van der Waals surface area contributed by atoms with Gasteiger partial charge in [0.15, 0.2) is 0 Å². The number of amides is 1. The number of carbonyl (C=O) groups excluding carboxylic acids is 1. The zero-order valence-corrected chi connectivity index (χ0v) is 10.9. The van der Waals surface area contributed by atoms with Gasteiger partial charge in [0.05, 0.1) is 0 Å². The summed E-state index contributed by atoms with van der Waals surface area (Å²) < 4.78 is 13.1. The summed E-state index contributed by atoms with van der Waals surface area (Å²) in [6.45, 7) is 1.76. The Morgan fingerprint density at radius 3 is 2.85 bits per heavy atom. The van der Waals surface area contributed by atoms with Gasteiger partial charge in [0, 0.05) is 28.4 Å². The first-order chi connectivity index (χ1) is 9.65. The van der Waals surface area contributed by atoms with E-state index in [2.05, 4.69) is 10.3 Å². The van der Waals surface area contributed by atoms with Crippen LogP contribution in [0.15, 0.2) is 48.7 Å². The number of benzene rings is 2. The topological polar surface area (TPSA) is 44.9 Å². The third kappa shape index (κ3) is 2.16. The second kappa shape index (κ2) is 4.81. The number of hydrogen-bond acceptors (Lipinski definition) is 1. The Morgan fingerprint density at radius 2 is 2.05 bits per heavy atom. The van der Waals surface area contributed by atoms with E-state index in [4.69, 9.17) is 0 Å². The Hall–Kier alpha value is -2.62. The third-order valence-electron chi connectivity index (χ3n) is 3.28. The maximum atomic E-state index is 13.1. The molecule has 0 atom stereocenters. The molecular weight excluding hydrogens is 255 g/mol. The minimum Gasteiger partial charge on any atom is -0.361 e. The summed E-state index contributed by atoms with van der Waals surface area (Å²) in [6.07, 6.45) is 1.80. The van der Waals surface area contributed by atoms with Crippen LogP contribution in [0.3, 0.4) is 0 Å². The lowest BCUT2D eigenvalue weighted by Crippen LogP contribution is -2.13. The average molecular weight is 268 g/mol. The smallest absolute Gasteiger partial charge is 0.256 e. The second-order valence-corrected chi connectivity index (χ2v) is 4.66. The van der Waals surface area contributed by atoms with Crippen molar-refractivity contribution in [2.45, 2.75) is 6.92 Å². The molecular formula is C16H13FN2O. The maximum Gasteiger partial charge on any atom is 0.256 e. The van der Waals surface area contributed by atoms with E-state index < -0.39 is 0 Å². The fourth-order valence-electron chi connectivity index (χ4n) is 2.24. The first-order valence-corrected chi connectivity index (χ1v) is 6.29. The number of fused-ring (bicyclic) bond motifs is 1. The number of aryl methyl sites for hydroxylation is 1. The van der Waals surface area contributed by atoms with Gasteiger partial charge in [-0.2, -0.15) is 0 Å². The van der Waals surface area contributed by atoms with E-state index >= 15 is 0 Å². The summed E-state index contributed by atoms with van der Waals surface area (Å²) in [4.78, 5) is 15.4. The Bertz CT molecular complexity index is 792. The van der Waals surface area contributed by atoms with Crippen molar-refractivity contribution in [3.63, 3.8) is 0 Å². The van der Waals surface area contributed by atoms with Crippen molar-refractivity contribution in [3.8, 4) is 0 Å². The molecule has 3 aromatic rings. The number of anilines is 1. The Balaban J connectivity index is 1.95. The fraction of sp³-hybridized carbons (Fsp3) is 0.0625. The van der Waals surface area contributed by atoms with E-state index in [1.807, 2.05) is 18.2 Å². The van der Waals surface area contributed by atoms with Crippen molar-refractivity contribution >= 4 is 22.5 Å². The number of nitrogens with one attached hydrogen (secondary N) is 2. The van der Waals surface area contributed by atoms with Crippen molar-refractivity contribution < 1.29 is 9.18 Å². The minimum atomic E-state index is -0.312. The predicted octanol–water partition coefficient (Wildman–Crippen LogP) is 3.87. The molecule has 1 aromatic heterocycles. The molecule has 1 amide bonds. The lowest BCUT2D eigenvalue weighted by atomic mass is 10.1. The van der Waals surface area contributed by atoms with Crippen molar-refractivity contribution in [3.05, 3.63) is 65.6 Å². The van der Waals surface area contributed by atoms with Crippen LogP contribution in [-0.2, 0) is 0 Å². The van der Waals surface area contributed by atoms with Crippen LogP contribution in [0.4, 0.5) is 10.1 Å². The van der Waals surface area contributed by atoms with E-state index in [9.17, 15) is 9.18 Å². The van der Waals surface area contributed by atoms with Crippen LogP contribution in [0.5, 0.6) is 0 Å². The SMILES string of the molecule is Cc1cc(F)ccc1NC(=O)c1cccc2[nH]ccc12. The van der Waals surface area contributed by atoms with E-state index in [1.54, 1.807) is 25.3 Å². The molecule has 0 unspecified atom stereocenters. The van der Waals surface area contributed by atoms with E-state index in [1.165, 1.54) is 12.1 Å². The number of aromatic nitrogens is 1. The van der Waals surface area contributed by atoms with E-state index in [-0.39, 0.29) is 11.7 Å². The summed E-state index contributed by atoms with van der Waals surface area (Å²) in [5.74, 6) is -0.516. The second-order valence-electron chi connectivity index (χ2n) is 4.66. The molecule has 0 bridgehead atoms. The largest absolute Gasteiger partial charge is 0.361 e. The Morgan fingerprint density at radius 1 is 1.20 bits per heavy atom. The van der Waals surface area contributed by atoms with Crippen molar-refractivity contribution in [1.82, 2.24) is 4.98 Å². The molecule has 20 heavy (non-hydrogen) atoms. The van der Waals surface area contributed by atoms with Gasteiger partial charge in [0.2, 0.25) is 0 Å². The molecule has 0 aliphatic heterocycles. The van der Waals surface area contributed by atoms with Crippen LogP contribution >= 0.6 is 0 Å². The van der Waals surface area contributed by atoms with E-state index in [0.717, 1.165) is 10.9 Å². The number of carbonyl (C=O) groups is 1. The van der Waals surface area contributed by atoms with E-state index in [0.29, 0.717) is 16.8 Å². The van der Waals surface area contributed by atoms with Crippen LogP contribution in [0.25, 0.3) is 10.9 Å². The average Bonchev–Trinajstić information content (AvgIpc) is 2.90. The summed E-state index contributed by atoms with van der Waals surface area (Å²) >= 11 is 0. The molecule has 0 saturated heterocycles. The number of H-pyrrole nitrogens is 1. The number of hydrogen-bond donors (Lipinski definition) is 2. The highest BCUT2D eigenvalue weighted by Gasteiger charge is 2.11. The van der Waals surface area contributed by atoms with Crippen LogP contribution in [-0.4, -0.2) is 10.9 Å². The highest BCUT2D eigenvalue weighted by Crippen LogP contribution is 2.21. The van der Waals surface area contributed by atoms with Crippen LogP contribution in [0.1, 0.15) is 15.9 Å². The Kier molecular flexibility index (Phi) is 2.99. The van der Waals surface area contributed by atoms with Gasteiger partial charge >= 0.3 is 0 Å².